The summed E-state index contributed by atoms with van der Waals surface area (Å²) >= 11 is 0. The molecule has 1 heterocycles. The number of rotatable bonds is 5. The maximum atomic E-state index is 5.88. The molecule has 0 radical (unpaired) electrons. The fraction of sp³-hybridized carbons (Fsp3) is 0.222. The molecule has 3 nitrogen and oxygen atoms in total. The molecule has 0 saturated heterocycles. The van der Waals surface area contributed by atoms with Crippen molar-refractivity contribution in [3.05, 3.63) is 65.9 Å². The first-order chi connectivity index (χ1) is 10.3. The van der Waals surface area contributed by atoms with Gasteiger partial charge in [0.25, 0.3) is 0 Å². The average Bonchev–Trinajstić information content (AvgIpc) is 2.91. The van der Waals surface area contributed by atoms with Gasteiger partial charge < -0.3 is 15.0 Å². The standard InChI is InChI=1S/C18H20N2O/c1-21-17-8-6-14(7-9-17)10-11-20-16(13-19)12-15-4-2-3-5-18(15)20/h2-9,12H,10-11,13,19H2,1H3. The quantitative estimate of drug-likeness (QED) is 0.778. The van der Waals surface area contributed by atoms with Gasteiger partial charge in [-0.2, -0.15) is 0 Å². The van der Waals surface area contributed by atoms with Crippen LogP contribution < -0.4 is 10.5 Å². The van der Waals surface area contributed by atoms with Gasteiger partial charge in [0.1, 0.15) is 5.75 Å². The first kappa shape index (κ1) is 13.7. The fourth-order valence-electron chi connectivity index (χ4n) is 2.73. The lowest BCUT2D eigenvalue weighted by Crippen LogP contribution is -2.09. The predicted octanol–water partition coefficient (Wildman–Crippen LogP) is 3.35. The molecule has 0 atom stereocenters. The summed E-state index contributed by atoms with van der Waals surface area (Å²) in [6.45, 7) is 1.50. The normalized spacial score (nSPS) is 11.0. The molecule has 2 N–H and O–H groups in total. The Morgan fingerprint density at radius 1 is 1.05 bits per heavy atom. The van der Waals surface area contributed by atoms with Crippen molar-refractivity contribution in [3.63, 3.8) is 0 Å². The lowest BCUT2D eigenvalue weighted by Gasteiger charge is -2.10. The Kier molecular flexibility index (Phi) is 3.93. The zero-order valence-electron chi connectivity index (χ0n) is 12.3. The molecule has 0 spiro atoms. The Bertz CT molecular complexity index is 729. The average molecular weight is 280 g/mol. The van der Waals surface area contributed by atoms with Crippen LogP contribution in [0, 0.1) is 0 Å². The van der Waals surface area contributed by atoms with Crippen LogP contribution in [-0.2, 0) is 19.5 Å². The van der Waals surface area contributed by atoms with Gasteiger partial charge in [-0.3, -0.25) is 0 Å². The molecule has 0 saturated carbocycles. The number of methoxy groups -OCH3 is 1. The van der Waals surface area contributed by atoms with Crippen molar-refractivity contribution >= 4 is 10.9 Å². The number of ether oxygens (including phenoxy) is 1. The van der Waals surface area contributed by atoms with Gasteiger partial charge in [-0.25, -0.2) is 0 Å². The van der Waals surface area contributed by atoms with E-state index < -0.39 is 0 Å². The summed E-state index contributed by atoms with van der Waals surface area (Å²) in [4.78, 5) is 0. The van der Waals surface area contributed by atoms with E-state index in [0.29, 0.717) is 6.54 Å². The number of hydrogen-bond acceptors (Lipinski definition) is 2. The van der Waals surface area contributed by atoms with Gasteiger partial charge in [-0.1, -0.05) is 30.3 Å². The van der Waals surface area contributed by atoms with Crippen molar-refractivity contribution in [2.45, 2.75) is 19.5 Å². The third kappa shape index (κ3) is 2.78. The van der Waals surface area contributed by atoms with Gasteiger partial charge in [0.15, 0.2) is 0 Å². The number of aryl methyl sites for hydroxylation is 2. The van der Waals surface area contributed by atoms with E-state index in [0.717, 1.165) is 18.7 Å². The minimum atomic E-state index is 0.567. The Labute approximate surface area is 125 Å². The zero-order valence-corrected chi connectivity index (χ0v) is 12.3. The second-order valence-electron chi connectivity index (χ2n) is 5.15. The molecule has 0 aliphatic heterocycles. The Balaban J connectivity index is 1.83. The van der Waals surface area contributed by atoms with Gasteiger partial charge in [-0.05, 0) is 41.6 Å². The molecule has 0 amide bonds. The van der Waals surface area contributed by atoms with Crippen molar-refractivity contribution in [3.8, 4) is 5.75 Å². The Morgan fingerprint density at radius 3 is 2.52 bits per heavy atom. The van der Waals surface area contributed by atoms with E-state index in [4.69, 9.17) is 10.5 Å². The number of nitrogens with zero attached hydrogens (tertiary/aromatic N) is 1. The molecule has 21 heavy (non-hydrogen) atoms. The highest BCUT2D eigenvalue weighted by Gasteiger charge is 2.07. The van der Waals surface area contributed by atoms with Crippen molar-refractivity contribution in [1.82, 2.24) is 4.57 Å². The highest BCUT2D eigenvalue weighted by molar-refractivity contribution is 5.81. The number of hydrogen-bond donors (Lipinski definition) is 1. The van der Waals surface area contributed by atoms with Crippen molar-refractivity contribution in [2.24, 2.45) is 5.73 Å². The summed E-state index contributed by atoms with van der Waals surface area (Å²) in [7, 11) is 1.69. The van der Waals surface area contributed by atoms with E-state index in [1.54, 1.807) is 7.11 Å². The molecule has 1 aromatic heterocycles. The largest absolute Gasteiger partial charge is 0.497 e. The zero-order chi connectivity index (χ0) is 14.7. The third-order valence-electron chi connectivity index (χ3n) is 3.89. The summed E-state index contributed by atoms with van der Waals surface area (Å²) < 4.78 is 7.51. The van der Waals surface area contributed by atoms with Gasteiger partial charge in [0, 0.05) is 24.3 Å². The lowest BCUT2D eigenvalue weighted by molar-refractivity contribution is 0.414. The summed E-state index contributed by atoms with van der Waals surface area (Å²) in [6.07, 6.45) is 0.982. The van der Waals surface area contributed by atoms with E-state index >= 15 is 0 Å². The molecule has 0 fully saturated rings. The van der Waals surface area contributed by atoms with Crippen LogP contribution in [0.5, 0.6) is 5.75 Å². The number of fused-ring (bicyclic) bond motifs is 1. The Morgan fingerprint density at radius 2 is 1.81 bits per heavy atom. The molecule has 108 valence electrons. The molecule has 0 aliphatic rings. The van der Waals surface area contributed by atoms with Crippen molar-refractivity contribution in [1.29, 1.82) is 0 Å². The van der Waals surface area contributed by atoms with Gasteiger partial charge >= 0.3 is 0 Å². The third-order valence-corrected chi connectivity index (χ3v) is 3.89. The summed E-state index contributed by atoms with van der Waals surface area (Å²) in [5.74, 6) is 0.896. The smallest absolute Gasteiger partial charge is 0.118 e. The molecule has 0 bridgehead atoms. The fourth-order valence-corrected chi connectivity index (χ4v) is 2.73. The van der Waals surface area contributed by atoms with E-state index in [9.17, 15) is 0 Å². The van der Waals surface area contributed by atoms with E-state index in [1.165, 1.54) is 22.2 Å². The SMILES string of the molecule is COc1ccc(CCn2c(CN)cc3ccccc32)cc1. The van der Waals surface area contributed by atoms with Crippen LogP contribution in [0.1, 0.15) is 11.3 Å². The molecular weight excluding hydrogens is 260 g/mol. The summed E-state index contributed by atoms with van der Waals surface area (Å²) in [5, 5.41) is 1.26. The van der Waals surface area contributed by atoms with Crippen molar-refractivity contribution in [2.75, 3.05) is 7.11 Å². The number of benzene rings is 2. The van der Waals surface area contributed by atoms with E-state index in [1.807, 2.05) is 12.1 Å². The number of nitrogens with two attached hydrogens (primary N) is 1. The molecule has 3 aromatic rings. The maximum absolute atomic E-state index is 5.88. The number of para-hydroxylation sites is 1. The lowest BCUT2D eigenvalue weighted by atomic mass is 10.1. The van der Waals surface area contributed by atoms with E-state index in [-0.39, 0.29) is 0 Å². The molecule has 0 aliphatic carbocycles. The highest BCUT2D eigenvalue weighted by Crippen LogP contribution is 2.20. The summed E-state index contributed by atoms with van der Waals surface area (Å²) in [6, 6.07) is 18.9. The maximum Gasteiger partial charge on any atom is 0.118 e. The van der Waals surface area contributed by atoms with Crippen LogP contribution in [0.3, 0.4) is 0 Å². The highest BCUT2D eigenvalue weighted by atomic mass is 16.5. The topological polar surface area (TPSA) is 40.2 Å². The van der Waals surface area contributed by atoms with Crippen LogP contribution in [0.15, 0.2) is 54.6 Å². The minimum Gasteiger partial charge on any atom is -0.497 e. The molecule has 3 heteroatoms. The number of aromatic nitrogens is 1. The van der Waals surface area contributed by atoms with Crippen molar-refractivity contribution < 1.29 is 4.74 Å². The van der Waals surface area contributed by atoms with Crippen LogP contribution in [0.4, 0.5) is 0 Å². The van der Waals surface area contributed by atoms with Crippen LogP contribution >= 0.6 is 0 Å². The summed E-state index contributed by atoms with van der Waals surface area (Å²) in [5.41, 5.74) is 9.63. The predicted molar refractivity (Wildman–Crippen MR) is 86.5 cm³/mol. The van der Waals surface area contributed by atoms with Gasteiger partial charge in [0.05, 0.1) is 7.11 Å². The molecule has 0 unspecified atom stereocenters. The van der Waals surface area contributed by atoms with Gasteiger partial charge in [0.2, 0.25) is 0 Å². The second-order valence-corrected chi connectivity index (χ2v) is 5.15. The second kappa shape index (κ2) is 6.02. The van der Waals surface area contributed by atoms with Gasteiger partial charge in [-0.15, -0.1) is 0 Å². The van der Waals surface area contributed by atoms with Crippen LogP contribution in [0.2, 0.25) is 0 Å². The first-order valence-corrected chi connectivity index (χ1v) is 7.22. The van der Waals surface area contributed by atoms with E-state index in [2.05, 4.69) is 47.0 Å². The molecule has 3 rings (SSSR count). The first-order valence-electron chi connectivity index (χ1n) is 7.22. The molecular formula is C18H20N2O. The van der Waals surface area contributed by atoms with Crippen LogP contribution in [0.25, 0.3) is 10.9 Å². The van der Waals surface area contributed by atoms with Crippen LogP contribution in [-0.4, -0.2) is 11.7 Å². The monoisotopic (exact) mass is 280 g/mol. The molecule has 2 aromatic carbocycles. The minimum absolute atomic E-state index is 0.567. The Hall–Kier alpha value is -2.26.